The molecule has 0 amide bonds. The van der Waals surface area contributed by atoms with Gasteiger partial charge >= 0.3 is 23.4 Å². The van der Waals surface area contributed by atoms with Crippen LogP contribution in [-0.2, 0) is 19.3 Å². The van der Waals surface area contributed by atoms with Crippen molar-refractivity contribution in [3.8, 4) is 0 Å². The first-order chi connectivity index (χ1) is 3.41. The van der Waals surface area contributed by atoms with Gasteiger partial charge in [0.2, 0.25) is 0 Å². The fourth-order valence-corrected chi connectivity index (χ4v) is 0. The van der Waals surface area contributed by atoms with Crippen molar-refractivity contribution in [2.45, 2.75) is 26.4 Å². The molecule has 0 aliphatic carbocycles. The summed E-state index contributed by atoms with van der Waals surface area (Å²) in [5.41, 5.74) is -0.500. The minimum absolute atomic E-state index is 0.500. The summed E-state index contributed by atoms with van der Waals surface area (Å²) in [5.74, 6) is 0. The van der Waals surface area contributed by atoms with Crippen molar-refractivity contribution in [3.63, 3.8) is 0 Å². The summed E-state index contributed by atoms with van der Waals surface area (Å²) in [6, 6.07) is 0. The molecule has 0 aromatic carbocycles. The molecule has 0 aliphatic heterocycles. The Morgan fingerprint density at radius 2 is 1.38 bits per heavy atom. The van der Waals surface area contributed by atoms with E-state index < -0.39 is 21.1 Å². The molecular formula is C4H11CrO3. The molecule has 2 N–H and O–H groups in total. The van der Waals surface area contributed by atoms with Gasteiger partial charge in [0.05, 0.1) is 5.60 Å². The van der Waals surface area contributed by atoms with Gasteiger partial charge in [0.25, 0.3) is 0 Å². The van der Waals surface area contributed by atoms with Crippen LogP contribution < -0.4 is 0 Å². The van der Waals surface area contributed by atoms with E-state index in [1.807, 2.05) is 0 Å². The van der Waals surface area contributed by atoms with Crippen molar-refractivity contribution in [2.75, 3.05) is 0 Å². The van der Waals surface area contributed by atoms with Crippen LogP contribution in [0.15, 0.2) is 0 Å². The second kappa shape index (κ2) is 5.39. The molecular weight excluding hydrogens is 148 g/mol. The van der Waals surface area contributed by atoms with Crippen molar-refractivity contribution < 1.29 is 28.6 Å². The zero-order valence-electron chi connectivity index (χ0n) is 5.21. The summed E-state index contributed by atoms with van der Waals surface area (Å²) >= 11 is -1.38. The normalized spacial score (nSPS) is 9.12. The Hall–Kier alpha value is 0.252. The van der Waals surface area contributed by atoms with Gasteiger partial charge in [-0.15, -0.1) is 0 Å². The molecule has 0 heterocycles. The van der Waals surface area contributed by atoms with Gasteiger partial charge in [-0.25, -0.2) is 0 Å². The van der Waals surface area contributed by atoms with E-state index in [1.54, 1.807) is 20.8 Å². The van der Waals surface area contributed by atoms with E-state index in [2.05, 4.69) is 0 Å². The molecule has 0 aromatic heterocycles. The van der Waals surface area contributed by atoms with Crippen LogP contribution in [0.4, 0.5) is 0 Å². The monoisotopic (exact) mass is 159 g/mol. The maximum atomic E-state index is 8.55. The zero-order chi connectivity index (χ0) is 7.21. The molecule has 0 saturated heterocycles. The van der Waals surface area contributed by atoms with Crippen LogP contribution in [0.3, 0.4) is 0 Å². The van der Waals surface area contributed by atoms with Crippen molar-refractivity contribution in [3.05, 3.63) is 0 Å². The Bertz CT molecular complexity index is 50.8. The predicted molar refractivity (Wildman–Crippen MR) is 24.9 cm³/mol. The molecule has 0 spiro atoms. The van der Waals surface area contributed by atoms with Gasteiger partial charge in [-0.3, -0.25) is 0 Å². The third-order valence-corrected chi connectivity index (χ3v) is 0. The molecule has 0 rings (SSSR count). The minimum atomic E-state index is -1.38. The third kappa shape index (κ3) is 2710. The Balaban J connectivity index is 0. The van der Waals surface area contributed by atoms with Crippen LogP contribution in [0.1, 0.15) is 20.8 Å². The van der Waals surface area contributed by atoms with E-state index in [-0.39, 0.29) is 0 Å². The van der Waals surface area contributed by atoms with Gasteiger partial charge in [-0.05, 0) is 20.8 Å². The quantitative estimate of drug-likeness (QED) is 0.527. The van der Waals surface area contributed by atoms with Crippen LogP contribution in [0.2, 0.25) is 0 Å². The first-order valence-corrected chi connectivity index (χ1v) is 3.16. The average Bonchev–Trinajstić information content (AvgIpc) is 1.27. The molecule has 0 atom stereocenters. The van der Waals surface area contributed by atoms with E-state index in [0.29, 0.717) is 0 Å². The van der Waals surface area contributed by atoms with Crippen molar-refractivity contribution in [1.82, 2.24) is 0 Å². The Kier molecular flexibility index (Phi) is 7.48. The van der Waals surface area contributed by atoms with Gasteiger partial charge < -0.3 is 5.11 Å². The molecule has 0 radical (unpaired) electrons. The summed E-state index contributed by atoms with van der Waals surface area (Å²) in [5, 5.41) is 8.52. The van der Waals surface area contributed by atoms with Crippen LogP contribution in [-0.4, -0.2) is 14.9 Å². The maximum absolute atomic E-state index is 8.55. The van der Waals surface area contributed by atoms with E-state index in [1.165, 1.54) is 0 Å². The Labute approximate surface area is 55.6 Å². The number of hydrogen-bond donors (Lipinski definition) is 2. The van der Waals surface area contributed by atoms with Crippen LogP contribution in [0, 0.1) is 0 Å². The second-order valence-electron chi connectivity index (χ2n) is 2.25. The predicted octanol–water partition coefficient (Wildman–Crippen LogP) is 0.0989. The first kappa shape index (κ1) is 11.1. The molecule has 0 aliphatic rings. The summed E-state index contributed by atoms with van der Waals surface area (Å²) in [7, 11) is 0. The van der Waals surface area contributed by atoms with Gasteiger partial charge in [-0.1, -0.05) is 0 Å². The molecule has 0 bridgehead atoms. The first-order valence-electron chi connectivity index (χ1n) is 2.07. The van der Waals surface area contributed by atoms with Crippen LogP contribution in [0.25, 0.3) is 0 Å². The third-order valence-electron chi connectivity index (χ3n) is 0. The molecule has 0 unspecified atom stereocenters. The molecule has 0 saturated carbocycles. The molecule has 4 heteroatoms. The van der Waals surface area contributed by atoms with Crippen molar-refractivity contribution >= 4 is 0 Å². The van der Waals surface area contributed by atoms with E-state index >= 15 is 0 Å². The standard InChI is InChI=1S/C4H10O.Cr.H2O.O/c1-4(2,3)5;;;/h5H,1-3H3;;1H2;/q;+1;;/p-1. The second-order valence-corrected chi connectivity index (χ2v) is 2.48. The zero-order valence-corrected chi connectivity index (χ0v) is 6.49. The topological polar surface area (TPSA) is 57.5 Å². The van der Waals surface area contributed by atoms with Crippen molar-refractivity contribution in [2.24, 2.45) is 0 Å². The number of aliphatic hydroxyl groups is 1. The summed E-state index contributed by atoms with van der Waals surface area (Å²) in [4.78, 5) is 0. The summed E-state index contributed by atoms with van der Waals surface area (Å²) in [6.07, 6.45) is 0. The molecule has 0 aromatic rings. The van der Waals surface area contributed by atoms with Crippen molar-refractivity contribution in [1.29, 1.82) is 0 Å². The van der Waals surface area contributed by atoms with Gasteiger partial charge in [0.15, 0.2) is 0 Å². The Morgan fingerprint density at radius 3 is 1.38 bits per heavy atom. The SMILES string of the molecule is CC(C)(C)O.[O]=[Cr][OH]. The van der Waals surface area contributed by atoms with E-state index in [4.69, 9.17) is 13.1 Å². The number of rotatable bonds is 0. The van der Waals surface area contributed by atoms with Crippen LogP contribution in [0.5, 0.6) is 0 Å². The van der Waals surface area contributed by atoms with Gasteiger partial charge in [0.1, 0.15) is 0 Å². The summed E-state index contributed by atoms with van der Waals surface area (Å²) in [6.45, 7) is 5.23. The van der Waals surface area contributed by atoms with E-state index in [0.717, 1.165) is 0 Å². The van der Waals surface area contributed by atoms with Crippen LogP contribution >= 0.6 is 0 Å². The van der Waals surface area contributed by atoms with Gasteiger partial charge in [0, 0.05) is 0 Å². The fraction of sp³-hybridized carbons (Fsp3) is 1.00. The molecule has 0 fully saturated rings. The molecule has 3 nitrogen and oxygen atoms in total. The van der Waals surface area contributed by atoms with E-state index in [9.17, 15) is 0 Å². The number of hydrogen-bond acceptors (Lipinski definition) is 2. The van der Waals surface area contributed by atoms with Gasteiger partial charge in [-0.2, -0.15) is 0 Å². The molecule has 51 valence electrons. The molecule has 8 heavy (non-hydrogen) atoms. The average molecular weight is 159 g/mol. The summed E-state index contributed by atoms with van der Waals surface area (Å²) < 4.78 is 15.6. The fourth-order valence-electron chi connectivity index (χ4n) is 0. The Morgan fingerprint density at radius 1 is 1.38 bits per heavy atom.